The van der Waals surface area contributed by atoms with Crippen LogP contribution in [0.3, 0.4) is 0 Å². The van der Waals surface area contributed by atoms with Crippen molar-refractivity contribution in [3.63, 3.8) is 0 Å². The zero-order chi connectivity index (χ0) is 14.7. The van der Waals surface area contributed by atoms with Gasteiger partial charge in [0.15, 0.2) is 9.84 Å². The van der Waals surface area contributed by atoms with E-state index in [-0.39, 0.29) is 18.4 Å². The van der Waals surface area contributed by atoms with Gasteiger partial charge >= 0.3 is 0 Å². The number of rotatable bonds is 3. The maximum absolute atomic E-state index is 12.7. The number of hydrogen-bond donors (Lipinski definition) is 0. The van der Waals surface area contributed by atoms with Crippen LogP contribution in [0.5, 0.6) is 0 Å². The Labute approximate surface area is 118 Å². The summed E-state index contributed by atoms with van der Waals surface area (Å²) in [6.45, 7) is 5.91. The number of nitrogens with zero attached hydrogens (tertiary/aromatic N) is 3. The standard InChI is InChI=1S/C13H19N3O3S/c1-4-10-6-15(8-14-10)7-13(3)9(2)16-11(17)5-12(16)20(13,18)19/h6,8-9,12H,4-5,7H2,1-3H3. The highest BCUT2D eigenvalue weighted by Crippen LogP contribution is 2.46. The molecule has 3 unspecified atom stereocenters. The number of β-lactam (4-membered cyclic amide) rings is 1. The van der Waals surface area contributed by atoms with E-state index in [9.17, 15) is 13.2 Å². The number of sulfone groups is 1. The molecule has 0 radical (unpaired) electrons. The van der Waals surface area contributed by atoms with Gasteiger partial charge in [-0.05, 0) is 20.3 Å². The zero-order valence-corrected chi connectivity index (χ0v) is 12.7. The normalized spacial score (nSPS) is 35.0. The van der Waals surface area contributed by atoms with Crippen LogP contribution in [0.15, 0.2) is 12.5 Å². The van der Waals surface area contributed by atoms with Gasteiger partial charge in [0, 0.05) is 12.7 Å². The van der Waals surface area contributed by atoms with Crippen molar-refractivity contribution in [3.05, 3.63) is 18.2 Å². The van der Waals surface area contributed by atoms with Crippen LogP contribution < -0.4 is 0 Å². The van der Waals surface area contributed by atoms with E-state index in [0.717, 1.165) is 12.1 Å². The molecule has 2 saturated heterocycles. The van der Waals surface area contributed by atoms with Gasteiger partial charge in [0.05, 0.1) is 24.5 Å². The molecule has 0 aliphatic carbocycles. The van der Waals surface area contributed by atoms with Crippen molar-refractivity contribution < 1.29 is 13.2 Å². The minimum absolute atomic E-state index is 0.0605. The summed E-state index contributed by atoms with van der Waals surface area (Å²) >= 11 is 0. The second-order valence-electron chi connectivity index (χ2n) is 5.88. The zero-order valence-electron chi connectivity index (χ0n) is 11.9. The van der Waals surface area contributed by atoms with Crippen molar-refractivity contribution >= 4 is 15.7 Å². The number of aromatic nitrogens is 2. The summed E-state index contributed by atoms with van der Waals surface area (Å²) in [5.74, 6) is -0.0605. The van der Waals surface area contributed by atoms with Gasteiger partial charge in [-0.1, -0.05) is 6.92 Å². The lowest BCUT2D eigenvalue weighted by molar-refractivity contribution is -0.144. The summed E-state index contributed by atoms with van der Waals surface area (Å²) < 4.78 is 26.2. The van der Waals surface area contributed by atoms with Gasteiger partial charge in [-0.25, -0.2) is 13.4 Å². The Morgan fingerprint density at radius 1 is 1.50 bits per heavy atom. The summed E-state index contributed by atoms with van der Waals surface area (Å²) in [6, 6.07) is -0.300. The summed E-state index contributed by atoms with van der Waals surface area (Å²) in [5, 5.41) is -0.621. The van der Waals surface area contributed by atoms with Crippen LogP contribution in [0.2, 0.25) is 0 Å². The smallest absolute Gasteiger partial charge is 0.227 e. The molecule has 7 heteroatoms. The molecular formula is C13H19N3O3S. The number of carbonyl (C=O) groups excluding carboxylic acids is 1. The van der Waals surface area contributed by atoms with Crippen LogP contribution in [0, 0.1) is 0 Å². The first-order valence-corrected chi connectivity index (χ1v) is 8.41. The van der Waals surface area contributed by atoms with Crippen molar-refractivity contribution in [2.24, 2.45) is 0 Å². The van der Waals surface area contributed by atoms with Crippen LogP contribution in [0.25, 0.3) is 0 Å². The van der Waals surface area contributed by atoms with Crippen molar-refractivity contribution in [1.29, 1.82) is 0 Å². The van der Waals surface area contributed by atoms with Gasteiger partial charge < -0.3 is 9.47 Å². The highest BCUT2D eigenvalue weighted by atomic mass is 32.2. The monoisotopic (exact) mass is 297 g/mol. The summed E-state index contributed by atoms with van der Waals surface area (Å²) in [4.78, 5) is 17.4. The van der Waals surface area contributed by atoms with E-state index in [4.69, 9.17) is 0 Å². The predicted octanol–water partition coefficient (Wildman–Crippen LogP) is 0.579. The molecule has 2 aliphatic heterocycles. The topological polar surface area (TPSA) is 72.3 Å². The Morgan fingerprint density at radius 2 is 2.20 bits per heavy atom. The summed E-state index contributed by atoms with van der Waals surface area (Å²) in [5.41, 5.74) is 0.941. The highest BCUT2D eigenvalue weighted by Gasteiger charge is 2.65. The molecule has 20 heavy (non-hydrogen) atoms. The van der Waals surface area contributed by atoms with E-state index in [2.05, 4.69) is 4.98 Å². The molecule has 1 aromatic heterocycles. The van der Waals surface area contributed by atoms with Gasteiger partial charge in [0.2, 0.25) is 5.91 Å². The second-order valence-corrected chi connectivity index (χ2v) is 8.45. The molecule has 3 atom stereocenters. The summed E-state index contributed by atoms with van der Waals surface area (Å²) in [7, 11) is -3.35. The van der Waals surface area contributed by atoms with Gasteiger partial charge in [-0.15, -0.1) is 0 Å². The SMILES string of the molecule is CCc1cn(CC2(C)C(C)N3C(=O)CC3S2(=O)=O)cn1. The third-order valence-electron chi connectivity index (χ3n) is 4.80. The molecule has 3 heterocycles. The maximum Gasteiger partial charge on any atom is 0.227 e. The quantitative estimate of drug-likeness (QED) is 0.765. The lowest BCUT2D eigenvalue weighted by atomic mass is 9.98. The fourth-order valence-electron chi connectivity index (χ4n) is 3.23. The first kappa shape index (κ1) is 13.6. The fraction of sp³-hybridized carbons (Fsp3) is 0.692. The Bertz CT molecular complexity index is 666. The van der Waals surface area contributed by atoms with Crippen molar-refractivity contribution in [2.75, 3.05) is 0 Å². The Kier molecular flexibility index (Phi) is 2.77. The number of amides is 1. The van der Waals surface area contributed by atoms with Crippen molar-refractivity contribution in [3.8, 4) is 0 Å². The lowest BCUT2D eigenvalue weighted by Crippen LogP contribution is -2.53. The van der Waals surface area contributed by atoms with Gasteiger partial charge in [-0.3, -0.25) is 4.79 Å². The lowest BCUT2D eigenvalue weighted by Gasteiger charge is -2.36. The average molecular weight is 297 g/mol. The largest absolute Gasteiger partial charge is 0.336 e. The van der Waals surface area contributed by atoms with E-state index >= 15 is 0 Å². The molecule has 2 aliphatic rings. The van der Waals surface area contributed by atoms with Crippen LogP contribution in [0.4, 0.5) is 0 Å². The number of carbonyl (C=O) groups is 1. The van der Waals surface area contributed by atoms with E-state index in [1.807, 2.05) is 24.6 Å². The van der Waals surface area contributed by atoms with E-state index < -0.39 is 20.0 Å². The molecule has 0 spiro atoms. The first-order valence-electron chi connectivity index (χ1n) is 6.86. The Hall–Kier alpha value is -1.37. The van der Waals surface area contributed by atoms with Gasteiger partial charge in [0.25, 0.3) is 0 Å². The molecule has 0 saturated carbocycles. The van der Waals surface area contributed by atoms with E-state index in [0.29, 0.717) is 6.54 Å². The molecule has 1 amide bonds. The van der Waals surface area contributed by atoms with Crippen LogP contribution in [-0.4, -0.2) is 44.9 Å². The van der Waals surface area contributed by atoms with Crippen molar-refractivity contribution in [2.45, 2.75) is 56.3 Å². The summed E-state index contributed by atoms with van der Waals surface area (Å²) in [6.07, 6.45) is 4.50. The molecule has 0 N–H and O–H groups in total. The van der Waals surface area contributed by atoms with E-state index in [1.165, 1.54) is 4.90 Å². The number of hydrogen-bond acceptors (Lipinski definition) is 4. The predicted molar refractivity (Wildman–Crippen MR) is 73.6 cm³/mol. The minimum atomic E-state index is -3.35. The average Bonchev–Trinajstić information content (AvgIpc) is 2.85. The number of aryl methyl sites for hydroxylation is 1. The highest BCUT2D eigenvalue weighted by molar-refractivity contribution is 7.93. The maximum atomic E-state index is 12.7. The molecular weight excluding hydrogens is 278 g/mol. The Morgan fingerprint density at radius 3 is 2.70 bits per heavy atom. The molecule has 3 rings (SSSR count). The third-order valence-corrected chi connectivity index (χ3v) is 7.68. The molecule has 6 nitrogen and oxygen atoms in total. The minimum Gasteiger partial charge on any atom is -0.336 e. The van der Waals surface area contributed by atoms with Gasteiger partial charge in [-0.2, -0.15) is 0 Å². The fourth-order valence-corrected chi connectivity index (χ4v) is 5.73. The third kappa shape index (κ3) is 1.52. The number of imidazole rings is 1. The molecule has 1 aromatic rings. The molecule has 0 bridgehead atoms. The van der Waals surface area contributed by atoms with Crippen molar-refractivity contribution in [1.82, 2.24) is 14.5 Å². The first-order chi connectivity index (χ1) is 9.31. The molecule has 0 aromatic carbocycles. The Balaban J connectivity index is 1.96. The van der Waals surface area contributed by atoms with Crippen LogP contribution >= 0.6 is 0 Å². The molecule has 2 fully saturated rings. The van der Waals surface area contributed by atoms with Crippen LogP contribution in [0.1, 0.15) is 32.9 Å². The number of fused-ring (bicyclic) bond motifs is 1. The second kappa shape index (κ2) is 4.07. The van der Waals surface area contributed by atoms with E-state index in [1.54, 1.807) is 13.3 Å². The van der Waals surface area contributed by atoms with Crippen LogP contribution in [-0.2, 0) is 27.6 Å². The molecule has 110 valence electrons. The van der Waals surface area contributed by atoms with Gasteiger partial charge in [0.1, 0.15) is 10.1 Å².